The third-order valence-corrected chi connectivity index (χ3v) is 10.4. The predicted molar refractivity (Wildman–Crippen MR) is 136 cm³/mol. The maximum atomic E-state index is 12.8. The Morgan fingerprint density at radius 1 is 1.20 bits per heavy atom. The topological polar surface area (TPSA) is 75.3 Å². The number of para-hydroxylation sites is 1. The quantitative estimate of drug-likeness (QED) is 0.661. The standard InChI is InChI=1S/C30H36N2O3/c1-17-11-22-24-12-18(2)30(35,19(3)33)29(24,5)15-26(34)27(22)28(4)14-20-16-31-32(25(20)13-23(17)28)21-9-7-6-8-10-21/h6-11,13,16,18,22,24,26-27,34-35H,12,14-15H2,1-5H3/t18?,22?,24?,26?,27?,28-,29-,30-/m0/s1. The van der Waals surface area contributed by atoms with Gasteiger partial charge in [0.25, 0.3) is 0 Å². The van der Waals surface area contributed by atoms with Gasteiger partial charge in [0.15, 0.2) is 5.78 Å². The number of carbonyl (C=O) groups excluding carboxylic acids is 1. The van der Waals surface area contributed by atoms with Gasteiger partial charge in [-0.2, -0.15) is 5.10 Å². The van der Waals surface area contributed by atoms with Crippen LogP contribution in [0.5, 0.6) is 0 Å². The summed E-state index contributed by atoms with van der Waals surface area (Å²) >= 11 is 0. The number of carbonyl (C=O) groups is 1. The van der Waals surface area contributed by atoms with E-state index in [-0.39, 0.29) is 34.9 Å². The third-order valence-electron chi connectivity index (χ3n) is 10.4. The summed E-state index contributed by atoms with van der Waals surface area (Å²) in [5.74, 6) is 0.0142. The van der Waals surface area contributed by atoms with Crippen LogP contribution in [-0.4, -0.2) is 37.5 Å². The second-order valence-electron chi connectivity index (χ2n) is 12.2. The van der Waals surface area contributed by atoms with Crippen LogP contribution in [0.25, 0.3) is 11.8 Å². The van der Waals surface area contributed by atoms with Gasteiger partial charge < -0.3 is 10.2 Å². The number of aliphatic hydroxyl groups is 2. The summed E-state index contributed by atoms with van der Waals surface area (Å²) in [6.07, 6.45) is 8.08. The molecule has 4 aliphatic rings. The molecule has 0 spiro atoms. The van der Waals surface area contributed by atoms with Gasteiger partial charge in [-0.15, -0.1) is 0 Å². The number of Topliss-reactive ketones (excluding diaryl/α,β-unsaturated/α-hetero) is 1. The molecule has 0 radical (unpaired) electrons. The molecule has 5 unspecified atom stereocenters. The van der Waals surface area contributed by atoms with Crippen LogP contribution in [0.15, 0.2) is 53.8 Å². The lowest BCUT2D eigenvalue weighted by molar-refractivity contribution is -0.175. The van der Waals surface area contributed by atoms with Crippen molar-refractivity contribution in [1.29, 1.82) is 0 Å². The van der Waals surface area contributed by atoms with Gasteiger partial charge in [-0.1, -0.05) is 50.6 Å². The van der Waals surface area contributed by atoms with Crippen molar-refractivity contribution < 1.29 is 15.0 Å². The molecule has 8 atom stereocenters. The number of benzene rings is 1. The average Bonchev–Trinajstić information content (AvgIpc) is 3.30. The van der Waals surface area contributed by atoms with Gasteiger partial charge in [0.05, 0.1) is 23.7 Å². The summed E-state index contributed by atoms with van der Waals surface area (Å²) in [6.45, 7) is 10.0. The summed E-state index contributed by atoms with van der Waals surface area (Å²) in [5.41, 5.74) is 3.62. The van der Waals surface area contributed by atoms with Crippen molar-refractivity contribution in [3.8, 4) is 5.69 Å². The second-order valence-corrected chi connectivity index (χ2v) is 12.2. The van der Waals surface area contributed by atoms with Crippen molar-refractivity contribution in [2.75, 3.05) is 0 Å². The first-order chi connectivity index (χ1) is 16.5. The monoisotopic (exact) mass is 472 g/mol. The highest BCUT2D eigenvalue weighted by molar-refractivity contribution is 5.86. The van der Waals surface area contributed by atoms with Crippen LogP contribution in [-0.2, 0) is 11.2 Å². The van der Waals surface area contributed by atoms with Crippen molar-refractivity contribution in [3.63, 3.8) is 0 Å². The van der Waals surface area contributed by atoms with Crippen LogP contribution in [0.1, 0.15) is 58.7 Å². The van der Waals surface area contributed by atoms with Gasteiger partial charge in [-0.3, -0.25) is 4.79 Å². The smallest absolute Gasteiger partial charge is 0.162 e. The molecule has 2 saturated carbocycles. The number of ketones is 1. The Labute approximate surface area is 207 Å². The number of aliphatic hydroxyl groups excluding tert-OH is 1. The Bertz CT molecular complexity index is 1280. The van der Waals surface area contributed by atoms with Crippen molar-refractivity contribution in [1.82, 2.24) is 9.78 Å². The Morgan fingerprint density at radius 2 is 1.91 bits per heavy atom. The molecule has 2 aromatic rings. The van der Waals surface area contributed by atoms with E-state index in [2.05, 4.69) is 38.1 Å². The first-order valence-electron chi connectivity index (χ1n) is 13.0. The van der Waals surface area contributed by atoms with Gasteiger partial charge in [0, 0.05) is 16.7 Å². The molecule has 0 aliphatic heterocycles. The summed E-state index contributed by atoms with van der Waals surface area (Å²) in [7, 11) is 0. The lowest BCUT2D eigenvalue weighted by atomic mass is 9.46. The average molecular weight is 473 g/mol. The van der Waals surface area contributed by atoms with Crippen LogP contribution < -0.4 is 0 Å². The van der Waals surface area contributed by atoms with Crippen LogP contribution >= 0.6 is 0 Å². The third kappa shape index (κ3) is 2.77. The van der Waals surface area contributed by atoms with Crippen LogP contribution in [0.3, 0.4) is 0 Å². The SMILES string of the molecule is CC(=O)[C@@]1(O)C(C)CC2C3C=C(C)C4=Cc5c(cnn5-c5ccccc5)C[C@]4(C)C3C(O)C[C@@]21C. The van der Waals surface area contributed by atoms with Crippen molar-refractivity contribution in [2.45, 2.75) is 65.6 Å². The largest absolute Gasteiger partial charge is 0.393 e. The fraction of sp³-hybridized carbons (Fsp3) is 0.533. The molecule has 0 saturated heterocycles. The highest BCUT2D eigenvalue weighted by atomic mass is 16.3. The molecule has 4 aliphatic carbocycles. The molecule has 1 heterocycles. The number of hydrogen-bond acceptors (Lipinski definition) is 4. The zero-order chi connectivity index (χ0) is 24.9. The zero-order valence-corrected chi connectivity index (χ0v) is 21.3. The molecule has 1 aromatic heterocycles. The van der Waals surface area contributed by atoms with E-state index in [4.69, 9.17) is 5.10 Å². The molecule has 35 heavy (non-hydrogen) atoms. The minimum absolute atomic E-state index is 0.0326. The van der Waals surface area contributed by atoms with E-state index >= 15 is 0 Å². The van der Waals surface area contributed by atoms with Crippen LogP contribution in [0.4, 0.5) is 0 Å². The maximum absolute atomic E-state index is 12.8. The first kappa shape index (κ1) is 22.9. The van der Waals surface area contributed by atoms with Crippen molar-refractivity contribution >= 4 is 11.9 Å². The van der Waals surface area contributed by atoms with Gasteiger partial charge in [0.1, 0.15) is 5.60 Å². The van der Waals surface area contributed by atoms with Gasteiger partial charge in [-0.25, -0.2) is 4.68 Å². The Morgan fingerprint density at radius 3 is 2.60 bits per heavy atom. The lowest BCUT2D eigenvalue weighted by Gasteiger charge is -2.59. The van der Waals surface area contributed by atoms with E-state index in [1.165, 1.54) is 23.6 Å². The van der Waals surface area contributed by atoms with Crippen molar-refractivity contribution in [3.05, 3.63) is 65.0 Å². The Kier molecular flexibility index (Phi) is 4.76. The Hall–Kier alpha value is -2.50. The molecule has 5 heteroatoms. The van der Waals surface area contributed by atoms with E-state index in [1.807, 2.05) is 42.9 Å². The molecule has 6 rings (SSSR count). The van der Waals surface area contributed by atoms with Gasteiger partial charge in [-0.05, 0) is 80.2 Å². The van der Waals surface area contributed by atoms with E-state index < -0.39 is 17.1 Å². The summed E-state index contributed by atoms with van der Waals surface area (Å²) in [5, 5.41) is 28.2. The number of rotatable bonds is 2. The van der Waals surface area contributed by atoms with E-state index in [0.717, 1.165) is 24.2 Å². The van der Waals surface area contributed by atoms with Gasteiger partial charge >= 0.3 is 0 Å². The fourth-order valence-electron chi connectivity index (χ4n) is 8.92. The first-order valence-corrected chi connectivity index (χ1v) is 13.0. The normalized spacial score (nSPS) is 41.7. The number of fused-ring (bicyclic) bond motifs is 6. The zero-order valence-electron chi connectivity index (χ0n) is 21.3. The maximum Gasteiger partial charge on any atom is 0.162 e. The van der Waals surface area contributed by atoms with E-state index in [1.54, 1.807) is 0 Å². The minimum atomic E-state index is -1.39. The van der Waals surface area contributed by atoms with Crippen LogP contribution in [0, 0.1) is 34.5 Å². The second kappa shape index (κ2) is 7.27. The van der Waals surface area contributed by atoms with E-state index in [9.17, 15) is 15.0 Å². The number of nitrogens with zero attached hydrogens (tertiary/aromatic N) is 2. The highest BCUT2D eigenvalue weighted by Crippen LogP contribution is 2.68. The number of aromatic nitrogens is 2. The molecule has 5 nitrogen and oxygen atoms in total. The summed E-state index contributed by atoms with van der Waals surface area (Å²) in [6, 6.07) is 10.2. The molecule has 2 N–H and O–H groups in total. The van der Waals surface area contributed by atoms with Crippen molar-refractivity contribution in [2.24, 2.45) is 34.5 Å². The molecule has 2 fully saturated rings. The minimum Gasteiger partial charge on any atom is -0.393 e. The number of hydrogen-bond donors (Lipinski definition) is 2. The molecule has 0 bridgehead atoms. The highest BCUT2D eigenvalue weighted by Gasteiger charge is 2.69. The molecular formula is C30H36N2O3. The fourth-order valence-corrected chi connectivity index (χ4v) is 8.92. The molecular weight excluding hydrogens is 436 g/mol. The molecule has 184 valence electrons. The molecule has 1 aromatic carbocycles. The molecule has 0 amide bonds. The van der Waals surface area contributed by atoms with Gasteiger partial charge in [0.2, 0.25) is 0 Å². The summed E-state index contributed by atoms with van der Waals surface area (Å²) in [4.78, 5) is 12.8. The van der Waals surface area contributed by atoms with Crippen LogP contribution in [0.2, 0.25) is 0 Å². The summed E-state index contributed by atoms with van der Waals surface area (Å²) < 4.78 is 2.02. The Balaban J connectivity index is 1.47. The number of allylic oxidation sites excluding steroid dienone is 3. The van der Waals surface area contributed by atoms with E-state index in [0.29, 0.717) is 6.42 Å². The predicted octanol–water partition coefficient (Wildman–Crippen LogP) is 4.76. The lowest BCUT2D eigenvalue weighted by Crippen LogP contribution is -2.62.